The van der Waals surface area contributed by atoms with Crippen molar-refractivity contribution in [2.45, 2.75) is 77.1 Å². The number of pyridine rings is 1. The molecule has 1 N–H and O–H groups in total. The summed E-state index contributed by atoms with van der Waals surface area (Å²) in [6.07, 6.45) is 3.05. The molecule has 194 valence electrons. The van der Waals surface area contributed by atoms with Crippen molar-refractivity contribution >= 4 is 22.8 Å². The molecule has 1 amide bonds. The first-order chi connectivity index (χ1) is 17.2. The van der Waals surface area contributed by atoms with Gasteiger partial charge in [0.15, 0.2) is 0 Å². The van der Waals surface area contributed by atoms with Crippen molar-refractivity contribution in [3.63, 3.8) is 0 Å². The first-order valence-electron chi connectivity index (χ1n) is 12.8. The van der Waals surface area contributed by atoms with Gasteiger partial charge in [0.2, 0.25) is 0 Å². The minimum atomic E-state index is -4.13. The molecule has 10 heteroatoms. The zero-order valence-corrected chi connectivity index (χ0v) is 21.3. The van der Waals surface area contributed by atoms with Crippen molar-refractivity contribution in [3.05, 3.63) is 51.2 Å². The smallest absolute Gasteiger partial charge is 0.349 e. The van der Waals surface area contributed by atoms with E-state index < -0.39 is 12.6 Å². The predicted octanol–water partition coefficient (Wildman–Crippen LogP) is 5.33. The molecule has 3 aromatic rings. The standard InChI is InChI=1S/C26H32F3N5OS/c1-17-15-22-20(3-2-12-34(22)32-17)25(35)30-19-6-4-18(5-7-19)9-13-33-14-10-23-21(16-33)31-24(36-23)8-11-26(27,28)29/h2-3,12,15,18-19H,4-11,13-14,16H2,1H3,(H,30,35)/t18-,19-. The number of nitrogens with zero attached hydrogens (tertiary/aromatic N) is 4. The number of nitrogens with one attached hydrogen (secondary N) is 1. The second-order valence-electron chi connectivity index (χ2n) is 10.1. The molecule has 36 heavy (non-hydrogen) atoms. The van der Waals surface area contributed by atoms with Crippen LogP contribution in [0.1, 0.15) is 70.2 Å². The van der Waals surface area contributed by atoms with Gasteiger partial charge in [-0.2, -0.15) is 18.3 Å². The van der Waals surface area contributed by atoms with Gasteiger partial charge in [-0.05, 0) is 76.1 Å². The third-order valence-electron chi connectivity index (χ3n) is 7.38. The Morgan fingerprint density at radius 2 is 2.06 bits per heavy atom. The Balaban J connectivity index is 1.06. The van der Waals surface area contributed by atoms with Crippen LogP contribution in [0.3, 0.4) is 0 Å². The van der Waals surface area contributed by atoms with E-state index in [0.29, 0.717) is 16.5 Å². The van der Waals surface area contributed by atoms with E-state index in [-0.39, 0.29) is 18.4 Å². The molecule has 0 bridgehead atoms. The minimum Gasteiger partial charge on any atom is -0.349 e. The largest absolute Gasteiger partial charge is 0.389 e. The van der Waals surface area contributed by atoms with Crippen molar-refractivity contribution in [1.29, 1.82) is 0 Å². The maximum Gasteiger partial charge on any atom is 0.389 e. The molecule has 3 aromatic heterocycles. The van der Waals surface area contributed by atoms with E-state index in [2.05, 4.69) is 20.3 Å². The fourth-order valence-corrected chi connectivity index (χ4v) is 6.47. The van der Waals surface area contributed by atoms with E-state index >= 15 is 0 Å². The zero-order valence-electron chi connectivity index (χ0n) is 20.5. The lowest BCUT2D eigenvalue weighted by Gasteiger charge is -2.32. The average molecular weight is 520 g/mol. The molecule has 2 aliphatic rings. The van der Waals surface area contributed by atoms with Crippen LogP contribution in [-0.2, 0) is 19.4 Å². The number of rotatable bonds is 7. The second-order valence-corrected chi connectivity index (χ2v) is 11.3. The second kappa shape index (κ2) is 10.5. The molecule has 4 heterocycles. The molecular weight excluding hydrogens is 487 g/mol. The number of thiazole rings is 1. The number of hydrogen-bond acceptors (Lipinski definition) is 5. The minimum absolute atomic E-state index is 0.0157. The van der Waals surface area contributed by atoms with Crippen LogP contribution in [0.5, 0.6) is 0 Å². The molecule has 0 saturated heterocycles. The summed E-state index contributed by atoms with van der Waals surface area (Å²) in [4.78, 5) is 21.0. The van der Waals surface area contributed by atoms with Crippen molar-refractivity contribution in [2.75, 3.05) is 13.1 Å². The number of alkyl halides is 3. The van der Waals surface area contributed by atoms with Gasteiger partial charge in [0.25, 0.3) is 5.91 Å². The van der Waals surface area contributed by atoms with Gasteiger partial charge in [-0.25, -0.2) is 9.50 Å². The molecule has 0 unspecified atom stereocenters. The molecule has 1 aliphatic heterocycles. The van der Waals surface area contributed by atoms with Crippen LogP contribution in [0.25, 0.3) is 5.52 Å². The topological polar surface area (TPSA) is 62.5 Å². The van der Waals surface area contributed by atoms with E-state index in [4.69, 9.17) is 0 Å². The maximum atomic E-state index is 12.9. The Hall–Kier alpha value is -2.46. The summed E-state index contributed by atoms with van der Waals surface area (Å²) in [5.41, 5.74) is 3.35. The van der Waals surface area contributed by atoms with Crippen molar-refractivity contribution in [2.24, 2.45) is 5.92 Å². The molecule has 1 fully saturated rings. The fourth-order valence-electron chi connectivity index (χ4n) is 5.41. The van der Waals surface area contributed by atoms with E-state index in [1.165, 1.54) is 11.3 Å². The Bertz CT molecular complexity index is 1210. The van der Waals surface area contributed by atoms with Crippen LogP contribution >= 0.6 is 11.3 Å². The van der Waals surface area contributed by atoms with E-state index in [0.717, 1.165) is 79.9 Å². The summed E-state index contributed by atoms with van der Waals surface area (Å²) < 4.78 is 39.3. The highest BCUT2D eigenvalue weighted by Gasteiger charge is 2.29. The highest BCUT2D eigenvalue weighted by molar-refractivity contribution is 7.11. The fraction of sp³-hybridized carbons (Fsp3) is 0.577. The number of halogens is 3. The molecule has 6 nitrogen and oxygen atoms in total. The lowest BCUT2D eigenvalue weighted by Crippen LogP contribution is -2.38. The number of fused-ring (bicyclic) bond motifs is 2. The van der Waals surface area contributed by atoms with Crippen LogP contribution in [0, 0.1) is 12.8 Å². The number of carbonyl (C=O) groups is 1. The Morgan fingerprint density at radius 3 is 2.83 bits per heavy atom. The molecule has 0 radical (unpaired) electrons. The van der Waals surface area contributed by atoms with Gasteiger partial charge in [0, 0.05) is 43.0 Å². The van der Waals surface area contributed by atoms with E-state index in [1.54, 1.807) is 4.52 Å². The van der Waals surface area contributed by atoms with Gasteiger partial charge < -0.3 is 5.32 Å². The molecule has 5 rings (SSSR count). The van der Waals surface area contributed by atoms with E-state index in [1.807, 2.05) is 31.3 Å². The Labute approximate surface area is 212 Å². The Kier molecular flexibility index (Phi) is 7.35. The number of aryl methyl sites for hydroxylation is 2. The summed E-state index contributed by atoms with van der Waals surface area (Å²) in [6.45, 7) is 4.59. The van der Waals surface area contributed by atoms with E-state index in [9.17, 15) is 18.0 Å². The quantitative estimate of drug-likeness (QED) is 0.458. The van der Waals surface area contributed by atoms with Gasteiger partial charge in [-0.15, -0.1) is 11.3 Å². The SMILES string of the molecule is Cc1cc2c(C(=O)N[C@H]3CC[C@H](CCN4CCc5sc(CCC(F)(F)F)nc5C4)CC3)cccn2n1. The highest BCUT2D eigenvalue weighted by atomic mass is 32.1. The molecule has 1 saturated carbocycles. The number of carbonyl (C=O) groups excluding carboxylic acids is 1. The maximum absolute atomic E-state index is 12.9. The van der Waals surface area contributed by atoms with Gasteiger partial charge in [0.1, 0.15) is 0 Å². The van der Waals surface area contributed by atoms with Gasteiger partial charge in [-0.3, -0.25) is 9.69 Å². The molecule has 0 atom stereocenters. The zero-order chi connectivity index (χ0) is 25.3. The predicted molar refractivity (Wildman–Crippen MR) is 133 cm³/mol. The van der Waals surface area contributed by atoms with Crippen LogP contribution in [0.4, 0.5) is 13.2 Å². The summed E-state index contributed by atoms with van der Waals surface area (Å²) in [6, 6.07) is 5.83. The van der Waals surface area contributed by atoms with Crippen LogP contribution in [-0.4, -0.2) is 50.7 Å². The van der Waals surface area contributed by atoms with Gasteiger partial charge in [0.05, 0.1) is 27.5 Å². The number of aromatic nitrogens is 3. The number of hydrogen-bond donors (Lipinski definition) is 1. The lowest BCUT2D eigenvalue weighted by atomic mass is 9.84. The third-order valence-corrected chi connectivity index (χ3v) is 8.59. The third kappa shape index (κ3) is 6.08. The Morgan fingerprint density at radius 1 is 1.25 bits per heavy atom. The summed E-state index contributed by atoms with van der Waals surface area (Å²) in [5, 5.41) is 8.23. The normalized spacial score (nSPS) is 21.0. The van der Waals surface area contributed by atoms with Gasteiger partial charge >= 0.3 is 6.18 Å². The molecule has 1 aliphatic carbocycles. The molecule has 0 aromatic carbocycles. The highest BCUT2D eigenvalue weighted by Crippen LogP contribution is 2.31. The lowest BCUT2D eigenvalue weighted by molar-refractivity contribution is -0.134. The van der Waals surface area contributed by atoms with Crippen molar-refractivity contribution < 1.29 is 18.0 Å². The van der Waals surface area contributed by atoms with Gasteiger partial charge in [-0.1, -0.05) is 0 Å². The summed E-state index contributed by atoms with van der Waals surface area (Å²) in [5.74, 6) is 0.601. The first-order valence-corrected chi connectivity index (χ1v) is 13.6. The summed E-state index contributed by atoms with van der Waals surface area (Å²) >= 11 is 1.45. The van der Waals surface area contributed by atoms with Crippen LogP contribution in [0.2, 0.25) is 0 Å². The number of amides is 1. The monoisotopic (exact) mass is 519 g/mol. The van der Waals surface area contributed by atoms with Crippen LogP contribution < -0.4 is 5.32 Å². The van der Waals surface area contributed by atoms with Crippen molar-refractivity contribution in [1.82, 2.24) is 24.8 Å². The summed E-state index contributed by atoms with van der Waals surface area (Å²) in [7, 11) is 0. The van der Waals surface area contributed by atoms with Crippen LogP contribution in [0.15, 0.2) is 24.4 Å². The molecular formula is C26H32F3N5OS. The average Bonchev–Trinajstić information content (AvgIpc) is 3.43. The molecule has 0 spiro atoms. The van der Waals surface area contributed by atoms with Crippen molar-refractivity contribution in [3.8, 4) is 0 Å². The first kappa shape index (κ1) is 25.2.